The molecule has 0 amide bonds. The van der Waals surface area contributed by atoms with Gasteiger partial charge in [0.25, 0.3) is 0 Å². The van der Waals surface area contributed by atoms with E-state index in [1.165, 1.54) is 48.7 Å². The zero-order valence-electron chi connectivity index (χ0n) is 58.0. The van der Waals surface area contributed by atoms with Crippen LogP contribution < -0.4 is 0 Å². The van der Waals surface area contributed by atoms with Crippen LogP contribution in [0, 0.1) is 0 Å². The fourth-order valence-corrected chi connectivity index (χ4v) is 15.5. The molecule has 0 unspecified atom stereocenters. The van der Waals surface area contributed by atoms with E-state index < -0.39 is 0 Å². The molecule has 0 saturated carbocycles. The van der Waals surface area contributed by atoms with E-state index in [9.17, 15) is 0 Å². The standard InChI is InChI=1S/C39H25N5.2C28H18N4/c1-4-10-35-28(7-1)19-22-38-34(25-42-44(35)38)27-13-15-29(16-14-27)39-40-23-30(24-41-39)26-17-20-31(21-18-26)43-36-11-5-2-8-32(36)33-9-3-6-12-37(33)43;1-3-7-25-21(5-1)13-15-27-23(17-29-31(25)27)19-9-11-20(12-10-19)24-18-30-32-26-8-4-2-6-22(26)14-16-28(24)32;1-3-7-27-21(5-1)13-15-23-17-25(29-31(23)27)19-9-11-20(12-10-19)26-18-24-16-14-22-6-2-4-8-28(22)32(24)30-26/h1-25H;2*1-18H. The van der Waals surface area contributed by atoms with Crippen molar-refractivity contribution in [3.63, 3.8) is 0 Å². The molecule has 12 aromatic heterocycles. The van der Waals surface area contributed by atoms with Gasteiger partial charge in [-0.15, -0.1) is 0 Å². The van der Waals surface area contributed by atoms with Crippen LogP contribution in [0.3, 0.4) is 0 Å². The second-order valence-corrected chi connectivity index (χ2v) is 27.2. The third-order valence-corrected chi connectivity index (χ3v) is 21.0. The molecule has 0 spiro atoms. The maximum absolute atomic E-state index is 4.88. The Bertz CT molecular complexity index is 7090. The molecule has 12 heterocycles. The maximum atomic E-state index is 4.88. The van der Waals surface area contributed by atoms with Crippen LogP contribution in [0.25, 0.3) is 188 Å². The SMILES string of the molecule is c1ccc2c(c1)ccc1c(-c3ccc(-c4cnn5c4ccc4ccccc45)cc3)cnn12.c1ccc2c(c1)ccc1c(-c3ccc(-c4ncc(-c5ccc(-n6c7ccccc7c7ccccc76)cc5)cn4)cc3)cnn12.c1ccc2c(c1)ccc1cc(-c3ccc(-c4cc5ccc6ccccc6n5n4)cc3)nn12. The number of hydrogen-bond donors (Lipinski definition) is 0. The topological polar surface area (TPSA) is 117 Å². The van der Waals surface area contributed by atoms with Crippen LogP contribution in [0.1, 0.15) is 0 Å². The first-order valence-corrected chi connectivity index (χ1v) is 36.1. The van der Waals surface area contributed by atoms with E-state index >= 15 is 0 Å². The van der Waals surface area contributed by atoms with E-state index in [-0.39, 0.29) is 0 Å². The highest BCUT2D eigenvalue weighted by atomic mass is 15.2. The van der Waals surface area contributed by atoms with E-state index in [0.717, 1.165) is 133 Å². The van der Waals surface area contributed by atoms with Gasteiger partial charge in [0, 0.05) is 94.7 Å². The van der Waals surface area contributed by atoms with E-state index in [4.69, 9.17) is 20.2 Å². The largest absolute Gasteiger partial charge is 0.309 e. The number of pyridine rings is 5. The molecule has 0 atom stereocenters. The maximum Gasteiger partial charge on any atom is 0.159 e. The highest BCUT2D eigenvalue weighted by molar-refractivity contribution is 6.09. The van der Waals surface area contributed by atoms with Crippen LogP contribution in [-0.4, -0.2) is 62.6 Å². The molecule has 13 nitrogen and oxygen atoms in total. The Hall–Kier alpha value is -15.0. The Morgan fingerprint density at radius 2 is 0.509 bits per heavy atom. The number of benzene rings is 11. The summed E-state index contributed by atoms with van der Waals surface area (Å²) >= 11 is 0. The molecule has 13 heteroatoms. The first-order valence-electron chi connectivity index (χ1n) is 36.1. The third kappa shape index (κ3) is 10.6. The van der Waals surface area contributed by atoms with Crippen molar-refractivity contribution in [2.45, 2.75) is 0 Å². The molecule has 506 valence electrons. The van der Waals surface area contributed by atoms with Gasteiger partial charge in [-0.3, -0.25) is 0 Å². The average molecular weight is 1380 g/mol. The van der Waals surface area contributed by atoms with Crippen LogP contribution in [0.5, 0.6) is 0 Å². The van der Waals surface area contributed by atoms with Gasteiger partial charge in [-0.05, 0) is 119 Å². The van der Waals surface area contributed by atoms with Gasteiger partial charge >= 0.3 is 0 Å². The van der Waals surface area contributed by atoms with Crippen LogP contribution in [-0.2, 0) is 0 Å². The van der Waals surface area contributed by atoms with Gasteiger partial charge in [0.15, 0.2) is 5.82 Å². The third-order valence-electron chi connectivity index (χ3n) is 21.0. The quantitative estimate of drug-likeness (QED) is 0.149. The molecule has 0 aliphatic rings. The fourth-order valence-electron chi connectivity index (χ4n) is 15.5. The molecule has 0 bridgehead atoms. The van der Waals surface area contributed by atoms with Crippen molar-refractivity contribution in [3.8, 4) is 84.1 Å². The number of aromatic nitrogens is 13. The van der Waals surface area contributed by atoms with Gasteiger partial charge in [0.1, 0.15) is 0 Å². The van der Waals surface area contributed by atoms with E-state index in [1.807, 2.05) is 59.6 Å². The smallest absolute Gasteiger partial charge is 0.159 e. The Morgan fingerprint density at radius 3 is 0.889 bits per heavy atom. The molecular weight excluding hydrogens is 1320 g/mol. The summed E-state index contributed by atoms with van der Waals surface area (Å²) in [5.41, 5.74) is 28.5. The average Bonchev–Trinajstić information content (AvgIpc) is 1.61. The summed E-state index contributed by atoms with van der Waals surface area (Å²) < 4.78 is 12.4. The lowest BCUT2D eigenvalue weighted by molar-refractivity contribution is 1.00. The Balaban J connectivity index is 0.000000105. The minimum atomic E-state index is 0.702. The summed E-state index contributed by atoms with van der Waals surface area (Å²) in [7, 11) is 0. The minimum absolute atomic E-state index is 0.702. The van der Waals surface area contributed by atoms with Crippen molar-refractivity contribution >= 4 is 104 Å². The molecule has 23 aromatic rings. The highest BCUT2D eigenvalue weighted by Gasteiger charge is 2.18. The van der Waals surface area contributed by atoms with Gasteiger partial charge < -0.3 is 4.57 Å². The molecule has 0 radical (unpaired) electrons. The van der Waals surface area contributed by atoms with E-state index in [1.54, 1.807) is 0 Å². The molecule has 23 rings (SSSR count). The molecular formula is C95H61N13. The van der Waals surface area contributed by atoms with Crippen molar-refractivity contribution < 1.29 is 0 Å². The molecule has 0 saturated heterocycles. The van der Waals surface area contributed by atoms with Crippen molar-refractivity contribution in [1.29, 1.82) is 0 Å². The van der Waals surface area contributed by atoms with E-state index in [2.05, 4.69) is 354 Å². The summed E-state index contributed by atoms with van der Waals surface area (Å²) in [5, 5.41) is 32.2. The van der Waals surface area contributed by atoms with Gasteiger partial charge in [-0.1, -0.05) is 243 Å². The lowest BCUT2D eigenvalue weighted by atomic mass is 10.0. The second-order valence-electron chi connectivity index (χ2n) is 27.2. The zero-order valence-corrected chi connectivity index (χ0v) is 58.0. The van der Waals surface area contributed by atoms with Crippen LogP contribution in [0.15, 0.2) is 371 Å². The monoisotopic (exact) mass is 1380 g/mol. The molecule has 11 aromatic carbocycles. The molecule has 0 aliphatic heterocycles. The summed E-state index contributed by atoms with van der Waals surface area (Å²) in [6.07, 6.45) is 9.66. The Morgan fingerprint density at radius 1 is 0.204 bits per heavy atom. The second kappa shape index (κ2) is 25.5. The molecule has 108 heavy (non-hydrogen) atoms. The predicted molar refractivity (Wildman–Crippen MR) is 439 cm³/mol. The Kier molecular flexibility index (Phi) is 14.6. The summed E-state index contributed by atoms with van der Waals surface area (Å²) in [4.78, 5) is 9.45. The minimum Gasteiger partial charge on any atom is -0.309 e. The summed E-state index contributed by atoms with van der Waals surface area (Å²) in [5.74, 6) is 0.702. The molecule has 0 fully saturated rings. The lowest BCUT2D eigenvalue weighted by Crippen LogP contribution is -1.94. The van der Waals surface area contributed by atoms with Gasteiger partial charge in [0.2, 0.25) is 0 Å². The van der Waals surface area contributed by atoms with Crippen LogP contribution >= 0.6 is 0 Å². The van der Waals surface area contributed by atoms with Crippen molar-refractivity contribution in [2.75, 3.05) is 0 Å². The lowest BCUT2D eigenvalue weighted by Gasteiger charge is -2.09. The normalized spacial score (nSPS) is 11.7. The number of rotatable bonds is 8. The number of fused-ring (bicyclic) bond motifs is 18. The van der Waals surface area contributed by atoms with Crippen LogP contribution in [0.2, 0.25) is 0 Å². The first-order chi connectivity index (χ1) is 53.5. The molecule has 0 aliphatic carbocycles. The fraction of sp³-hybridized carbons (Fsp3) is 0. The van der Waals surface area contributed by atoms with Gasteiger partial charge in [-0.25, -0.2) is 32.5 Å². The highest BCUT2D eigenvalue weighted by Crippen LogP contribution is 2.37. The summed E-state index contributed by atoms with van der Waals surface area (Å²) in [6.45, 7) is 0. The number of para-hydroxylation sites is 7. The van der Waals surface area contributed by atoms with Crippen molar-refractivity contribution in [3.05, 3.63) is 371 Å². The van der Waals surface area contributed by atoms with E-state index in [0.29, 0.717) is 5.82 Å². The van der Waals surface area contributed by atoms with Crippen molar-refractivity contribution in [2.24, 2.45) is 0 Å². The number of nitrogens with zero attached hydrogens (tertiary/aromatic N) is 13. The van der Waals surface area contributed by atoms with Crippen LogP contribution in [0.4, 0.5) is 0 Å². The molecule has 0 N–H and O–H groups in total. The van der Waals surface area contributed by atoms with Gasteiger partial charge in [-0.2, -0.15) is 25.5 Å². The summed E-state index contributed by atoms with van der Waals surface area (Å²) in [6, 6.07) is 119. The first kappa shape index (κ1) is 61.7. The van der Waals surface area contributed by atoms with Gasteiger partial charge in [0.05, 0.1) is 96.2 Å². The Labute approximate surface area is 617 Å². The number of hydrogen-bond acceptors (Lipinski definition) is 7. The zero-order chi connectivity index (χ0) is 71.2. The van der Waals surface area contributed by atoms with Crippen molar-refractivity contribution in [1.82, 2.24) is 62.6 Å². The predicted octanol–water partition coefficient (Wildman–Crippen LogP) is 22.6.